The summed E-state index contributed by atoms with van der Waals surface area (Å²) in [6, 6.07) is 6.10. The van der Waals surface area contributed by atoms with Crippen LogP contribution in [-0.2, 0) is 9.59 Å². The van der Waals surface area contributed by atoms with Crippen LogP contribution in [0.1, 0.15) is 18.9 Å². The van der Waals surface area contributed by atoms with Gasteiger partial charge in [0, 0.05) is 18.9 Å². The summed E-state index contributed by atoms with van der Waals surface area (Å²) in [5, 5.41) is 11.0. The molecule has 2 rings (SSSR count). The van der Waals surface area contributed by atoms with E-state index in [4.69, 9.17) is 5.11 Å². The summed E-state index contributed by atoms with van der Waals surface area (Å²) in [6.45, 7) is 3.77. The number of urea groups is 1. The number of hydrogen-bond acceptors (Lipinski definition) is 5. The third-order valence-corrected chi connectivity index (χ3v) is 3.55. The Labute approximate surface area is 134 Å². The lowest BCUT2D eigenvalue weighted by Crippen LogP contribution is -2.60. The Hall–Kier alpha value is -2.54. The number of imide groups is 2. The number of nitrogens with one attached hydrogen (secondary N) is 1. The third-order valence-electron chi connectivity index (χ3n) is 3.55. The van der Waals surface area contributed by atoms with Gasteiger partial charge in [-0.2, -0.15) is 0 Å². The van der Waals surface area contributed by atoms with E-state index in [1.165, 1.54) is 0 Å². The number of aliphatic hydroxyl groups is 1. The molecule has 1 aromatic carbocycles. The van der Waals surface area contributed by atoms with Gasteiger partial charge in [0.25, 0.3) is 5.91 Å². The van der Waals surface area contributed by atoms with Gasteiger partial charge in [-0.3, -0.25) is 19.9 Å². The van der Waals surface area contributed by atoms with Crippen LogP contribution in [0.15, 0.2) is 29.3 Å². The molecule has 0 bridgehead atoms. The van der Waals surface area contributed by atoms with Crippen molar-refractivity contribution in [2.24, 2.45) is 10.9 Å². The van der Waals surface area contributed by atoms with Gasteiger partial charge in [0.1, 0.15) is 0 Å². The van der Waals surface area contributed by atoms with Gasteiger partial charge < -0.3 is 5.11 Å². The average molecular weight is 317 g/mol. The second-order valence-electron chi connectivity index (χ2n) is 5.34. The van der Waals surface area contributed by atoms with E-state index in [1.807, 2.05) is 6.92 Å². The first-order valence-electron chi connectivity index (χ1n) is 7.33. The lowest BCUT2D eigenvalue weighted by atomic mass is 9.99. The molecule has 1 aliphatic heterocycles. The van der Waals surface area contributed by atoms with Crippen LogP contribution < -0.4 is 10.2 Å². The van der Waals surface area contributed by atoms with Crippen molar-refractivity contribution in [2.45, 2.75) is 20.3 Å². The fraction of sp³-hybridized carbons (Fsp3) is 0.375. The molecule has 2 N–H and O–H groups in total. The van der Waals surface area contributed by atoms with Gasteiger partial charge >= 0.3 is 6.03 Å². The van der Waals surface area contributed by atoms with Crippen LogP contribution in [0.25, 0.3) is 0 Å². The fourth-order valence-electron chi connectivity index (χ4n) is 2.30. The summed E-state index contributed by atoms with van der Waals surface area (Å²) in [6.07, 6.45) is 0.445. The number of nitrogens with zero attached hydrogens (tertiary/aromatic N) is 2. The topological polar surface area (TPSA) is 99.1 Å². The minimum atomic E-state index is -1.13. The molecule has 0 radical (unpaired) electrons. The molecule has 0 spiro atoms. The Morgan fingerprint density at radius 2 is 1.91 bits per heavy atom. The Morgan fingerprint density at radius 3 is 2.52 bits per heavy atom. The monoisotopic (exact) mass is 317 g/mol. The summed E-state index contributed by atoms with van der Waals surface area (Å²) in [7, 11) is 0. The van der Waals surface area contributed by atoms with Crippen LogP contribution in [0.5, 0.6) is 0 Å². The zero-order chi connectivity index (χ0) is 17.0. The zero-order valence-corrected chi connectivity index (χ0v) is 13.1. The minimum Gasteiger partial charge on any atom is -0.396 e. The number of aryl methyl sites for hydroxylation is 1. The molecule has 0 aliphatic carbocycles. The highest BCUT2D eigenvalue weighted by Gasteiger charge is 2.42. The van der Waals surface area contributed by atoms with Crippen LogP contribution in [0, 0.1) is 12.8 Å². The largest absolute Gasteiger partial charge is 0.396 e. The van der Waals surface area contributed by atoms with Crippen molar-refractivity contribution in [3.05, 3.63) is 29.8 Å². The number of barbiturate groups is 1. The Kier molecular flexibility index (Phi) is 5.23. The average Bonchev–Trinajstić information content (AvgIpc) is 2.49. The van der Waals surface area contributed by atoms with Crippen molar-refractivity contribution in [2.75, 3.05) is 18.1 Å². The van der Waals surface area contributed by atoms with Crippen LogP contribution in [0.3, 0.4) is 0 Å². The molecule has 0 saturated carbocycles. The van der Waals surface area contributed by atoms with Gasteiger partial charge in [-0.05, 0) is 32.4 Å². The SMILES string of the molecule is CC(=NCCCO)[C@@H]1C(=O)NC(=O)N(c2ccc(C)cc2)C1=O. The first-order chi connectivity index (χ1) is 11.0. The summed E-state index contributed by atoms with van der Waals surface area (Å²) < 4.78 is 0. The second-order valence-corrected chi connectivity index (χ2v) is 5.34. The first kappa shape index (κ1) is 16.8. The number of aliphatic hydroxyl groups excluding tert-OH is 1. The van der Waals surface area contributed by atoms with Gasteiger partial charge in [0.15, 0.2) is 5.92 Å². The number of benzene rings is 1. The van der Waals surface area contributed by atoms with Gasteiger partial charge in [0.2, 0.25) is 5.91 Å². The zero-order valence-electron chi connectivity index (χ0n) is 13.1. The van der Waals surface area contributed by atoms with E-state index >= 15 is 0 Å². The van der Waals surface area contributed by atoms with E-state index in [2.05, 4.69) is 10.3 Å². The Morgan fingerprint density at radius 1 is 1.26 bits per heavy atom. The molecule has 1 aliphatic rings. The van der Waals surface area contributed by atoms with Gasteiger partial charge in [0.05, 0.1) is 5.69 Å². The number of hydrogen-bond donors (Lipinski definition) is 2. The summed E-state index contributed by atoms with van der Waals surface area (Å²) in [4.78, 5) is 41.8. The van der Waals surface area contributed by atoms with Crippen molar-refractivity contribution in [3.63, 3.8) is 0 Å². The lowest BCUT2D eigenvalue weighted by molar-refractivity contribution is -0.131. The number of carbonyl (C=O) groups is 3. The highest BCUT2D eigenvalue weighted by Crippen LogP contribution is 2.22. The molecule has 1 atom stereocenters. The van der Waals surface area contributed by atoms with Crippen LogP contribution in [0.4, 0.5) is 10.5 Å². The molecule has 1 saturated heterocycles. The maximum absolute atomic E-state index is 12.6. The summed E-state index contributed by atoms with van der Waals surface area (Å²) in [5.74, 6) is -2.42. The van der Waals surface area contributed by atoms with Crippen molar-refractivity contribution in [3.8, 4) is 0 Å². The standard InChI is InChI=1S/C16H19N3O4/c1-10-4-6-12(7-5-10)19-15(22)13(14(21)18-16(19)23)11(2)17-8-3-9-20/h4-7,13,20H,3,8-9H2,1-2H3,(H,18,21,23)/t13-/m1/s1. The highest BCUT2D eigenvalue weighted by atomic mass is 16.3. The molecule has 0 unspecified atom stereocenters. The van der Waals surface area contributed by atoms with Crippen LogP contribution in [0.2, 0.25) is 0 Å². The fourth-order valence-corrected chi connectivity index (χ4v) is 2.30. The lowest BCUT2D eigenvalue weighted by Gasteiger charge is -2.30. The summed E-state index contributed by atoms with van der Waals surface area (Å²) in [5.41, 5.74) is 1.72. The number of aliphatic imine (C=N–C) groups is 1. The van der Waals surface area contributed by atoms with E-state index < -0.39 is 23.8 Å². The molecular weight excluding hydrogens is 298 g/mol. The third kappa shape index (κ3) is 3.62. The van der Waals surface area contributed by atoms with Crippen molar-refractivity contribution in [1.29, 1.82) is 0 Å². The maximum atomic E-state index is 12.6. The van der Waals surface area contributed by atoms with E-state index in [0.717, 1.165) is 10.5 Å². The maximum Gasteiger partial charge on any atom is 0.335 e. The molecule has 7 heteroatoms. The van der Waals surface area contributed by atoms with Crippen molar-refractivity contribution >= 4 is 29.2 Å². The molecule has 122 valence electrons. The molecule has 1 heterocycles. The number of rotatable bonds is 5. The molecule has 1 aromatic rings. The van der Waals surface area contributed by atoms with Crippen molar-refractivity contribution in [1.82, 2.24) is 5.32 Å². The minimum absolute atomic E-state index is 0.0183. The predicted octanol–water partition coefficient (Wildman–Crippen LogP) is 1.04. The molecular formula is C16H19N3O4. The number of amides is 4. The highest BCUT2D eigenvalue weighted by molar-refractivity contribution is 6.35. The molecule has 1 fully saturated rings. The Balaban J connectivity index is 2.29. The van der Waals surface area contributed by atoms with Crippen LogP contribution in [-0.4, -0.2) is 41.8 Å². The number of carbonyl (C=O) groups excluding carboxylic acids is 3. The van der Waals surface area contributed by atoms with Crippen LogP contribution >= 0.6 is 0 Å². The van der Waals surface area contributed by atoms with E-state index in [9.17, 15) is 14.4 Å². The van der Waals surface area contributed by atoms with Gasteiger partial charge in [-0.15, -0.1) is 0 Å². The van der Waals surface area contributed by atoms with E-state index in [-0.39, 0.29) is 6.61 Å². The second kappa shape index (κ2) is 7.15. The van der Waals surface area contributed by atoms with E-state index in [1.54, 1.807) is 31.2 Å². The molecule has 0 aromatic heterocycles. The Bertz CT molecular complexity index is 652. The van der Waals surface area contributed by atoms with Crippen molar-refractivity contribution < 1.29 is 19.5 Å². The summed E-state index contributed by atoms with van der Waals surface area (Å²) >= 11 is 0. The normalized spacial score (nSPS) is 19.1. The van der Waals surface area contributed by atoms with Gasteiger partial charge in [-0.25, -0.2) is 9.69 Å². The molecule has 4 amide bonds. The van der Waals surface area contributed by atoms with Gasteiger partial charge in [-0.1, -0.05) is 17.7 Å². The molecule has 7 nitrogen and oxygen atoms in total. The first-order valence-corrected chi connectivity index (χ1v) is 7.33. The predicted molar refractivity (Wildman–Crippen MR) is 85.4 cm³/mol. The smallest absolute Gasteiger partial charge is 0.335 e. The quantitative estimate of drug-likeness (QED) is 0.481. The number of anilines is 1. The van der Waals surface area contributed by atoms with E-state index in [0.29, 0.717) is 24.4 Å². The molecule has 23 heavy (non-hydrogen) atoms.